The summed E-state index contributed by atoms with van der Waals surface area (Å²) in [4.78, 5) is 0. The smallest absolute Gasteiger partial charge is 0.0165 e. The third kappa shape index (κ3) is 2.44. The zero-order valence-electron chi connectivity index (χ0n) is 11.0. The molecule has 1 aliphatic heterocycles. The summed E-state index contributed by atoms with van der Waals surface area (Å²) < 4.78 is 0. The Morgan fingerprint density at radius 1 is 1.12 bits per heavy atom. The molecule has 1 aromatic rings. The van der Waals surface area contributed by atoms with E-state index in [9.17, 15) is 0 Å². The lowest BCUT2D eigenvalue weighted by Gasteiger charge is -2.33. The standard InChI is InChI=1S/C13H15N.C3H8/c1-2-4-12-11(3-1)5-6-13(12)7-9-14-10-8-13;1-3-2/h1-6,14H,7-10H2;3H2,1-2H3. The molecular weight excluding hydrogens is 206 g/mol. The number of piperidine rings is 1. The van der Waals surface area contributed by atoms with E-state index in [1.54, 1.807) is 5.56 Å². The van der Waals surface area contributed by atoms with Crippen LogP contribution in [0.5, 0.6) is 0 Å². The van der Waals surface area contributed by atoms with Crippen LogP contribution in [-0.2, 0) is 5.41 Å². The molecule has 2 aliphatic rings. The SMILES string of the molecule is C1=CC2(CCNCC2)c2ccccc21.CCC. The molecule has 1 N–H and O–H groups in total. The molecule has 3 rings (SSSR count). The summed E-state index contributed by atoms with van der Waals surface area (Å²) in [6.45, 7) is 6.55. The van der Waals surface area contributed by atoms with Crippen molar-refractivity contribution in [2.45, 2.75) is 38.5 Å². The lowest BCUT2D eigenvalue weighted by molar-refractivity contribution is 0.378. The van der Waals surface area contributed by atoms with Gasteiger partial charge in [-0.2, -0.15) is 0 Å². The predicted octanol–water partition coefficient (Wildman–Crippen LogP) is 3.75. The summed E-state index contributed by atoms with van der Waals surface area (Å²) in [5.41, 5.74) is 3.33. The van der Waals surface area contributed by atoms with Crippen molar-refractivity contribution < 1.29 is 0 Å². The number of hydrogen-bond acceptors (Lipinski definition) is 1. The van der Waals surface area contributed by atoms with Crippen LogP contribution in [0.15, 0.2) is 30.3 Å². The number of fused-ring (bicyclic) bond motifs is 2. The molecule has 0 bridgehead atoms. The summed E-state index contributed by atoms with van der Waals surface area (Å²) in [5, 5.41) is 3.43. The molecular formula is C16H23N. The summed E-state index contributed by atoms with van der Waals surface area (Å²) in [7, 11) is 0. The maximum absolute atomic E-state index is 3.43. The molecule has 1 fully saturated rings. The monoisotopic (exact) mass is 229 g/mol. The number of allylic oxidation sites excluding steroid dienone is 1. The van der Waals surface area contributed by atoms with Crippen LogP contribution in [0.3, 0.4) is 0 Å². The number of nitrogens with one attached hydrogen (secondary N) is 1. The highest BCUT2D eigenvalue weighted by molar-refractivity contribution is 5.65. The minimum Gasteiger partial charge on any atom is -0.317 e. The highest BCUT2D eigenvalue weighted by atomic mass is 14.9. The molecule has 1 saturated heterocycles. The summed E-state index contributed by atoms with van der Waals surface area (Å²) in [5.74, 6) is 0. The van der Waals surface area contributed by atoms with Gasteiger partial charge < -0.3 is 5.32 Å². The molecule has 1 heteroatoms. The Kier molecular flexibility index (Phi) is 4.01. The predicted molar refractivity (Wildman–Crippen MR) is 75.2 cm³/mol. The maximum atomic E-state index is 3.43. The van der Waals surface area contributed by atoms with E-state index >= 15 is 0 Å². The molecule has 92 valence electrons. The van der Waals surface area contributed by atoms with Crippen LogP contribution in [0, 0.1) is 0 Å². The van der Waals surface area contributed by atoms with Gasteiger partial charge in [-0.15, -0.1) is 0 Å². The Labute approximate surface area is 105 Å². The molecule has 1 aliphatic carbocycles. The van der Waals surface area contributed by atoms with Gasteiger partial charge in [0.1, 0.15) is 0 Å². The van der Waals surface area contributed by atoms with Crippen molar-refractivity contribution >= 4 is 6.08 Å². The van der Waals surface area contributed by atoms with Crippen LogP contribution in [0.4, 0.5) is 0 Å². The summed E-state index contributed by atoms with van der Waals surface area (Å²) in [6, 6.07) is 8.81. The van der Waals surface area contributed by atoms with Crippen LogP contribution in [0.25, 0.3) is 6.08 Å². The van der Waals surface area contributed by atoms with Gasteiger partial charge in [0.25, 0.3) is 0 Å². The second-order valence-corrected chi connectivity index (χ2v) is 5.03. The highest BCUT2D eigenvalue weighted by Gasteiger charge is 2.35. The van der Waals surface area contributed by atoms with E-state index in [0.717, 1.165) is 13.1 Å². The van der Waals surface area contributed by atoms with E-state index in [1.807, 2.05) is 0 Å². The Morgan fingerprint density at radius 3 is 2.47 bits per heavy atom. The van der Waals surface area contributed by atoms with E-state index < -0.39 is 0 Å². The second kappa shape index (κ2) is 5.50. The molecule has 1 aromatic carbocycles. The van der Waals surface area contributed by atoms with Crippen LogP contribution in [-0.4, -0.2) is 13.1 Å². The summed E-state index contributed by atoms with van der Waals surface area (Å²) >= 11 is 0. The molecule has 1 spiro atoms. The fourth-order valence-corrected chi connectivity index (χ4v) is 2.74. The van der Waals surface area contributed by atoms with Gasteiger partial charge in [0.05, 0.1) is 0 Å². The van der Waals surface area contributed by atoms with Gasteiger partial charge in [0.15, 0.2) is 0 Å². The zero-order valence-corrected chi connectivity index (χ0v) is 11.0. The van der Waals surface area contributed by atoms with Crippen molar-refractivity contribution in [3.8, 4) is 0 Å². The quantitative estimate of drug-likeness (QED) is 0.714. The van der Waals surface area contributed by atoms with Gasteiger partial charge in [-0.3, -0.25) is 0 Å². The molecule has 0 unspecified atom stereocenters. The largest absolute Gasteiger partial charge is 0.317 e. The van der Waals surface area contributed by atoms with Crippen molar-refractivity contribution in [2.75, 3.05) is 13.1 Å². The topological polar surface area (TPSA) is 12.0 Å². The first-order valence-corrected chi connectivity index (χ1v) is 6.82. The Morgan fingerprint density at radius 2 is 1.76 bits per heavy atom. The molecule has 17 heavy (non-hydrogen) atoms. The van der Waals surface area contributed by atoms with Gasteiger partial charge in [-0.05, 0) is 37.1 Å². The van der Waals surface area contributed by atoms with E-state index in [-0.39, 0.29) is 0 Å². The lowest BCUT2D eigenvalue weighted by atomic mass is 9.75. The van der Waals surface area contributed by atoms with Gasteiger partial charge in [-0.25, -0.2) is 0 Å². The number of hydrogen-bond donors (Lipinski definition) is 1. The molecule has 0 atom stereocenters. The van der Waals surface area contributed by atoms with Crippen molar-refractivity contribution in [3.05, 3.63) is 41.5 Å². The minimum atomic E-state index is 0.363. The zero-order chi connectivity index (χ0) is 12.1. The molecule has 0 aromatic heterocycles. The van der Waals surface area contributed by atoms with Crippen LogP contribution >= 0.6 is 0 Å². The minimum absolute atomic E-state index is 0.363. The van der Waals surface area contributed by atoms with E-state index in [2.05, 4.69) is 55.6 Å². The summed E-state index contributed by atoms with van der Waals surface area (Å²) in [6.07, 6.45) is 8.46. The van der Waals surface area contributed by atoms with Gasteiger partial charge in [-0.1, -0.05) is 56.7 Å². The lowest BCUT2D eigenvalue weighted by Crippen LogP contribution is -2.37. The fourth-order valence-electron chi connectivity index (χ4n) is 2.74. The Balaban J connectivity index is 0.000000329. The van der Waals surface area contributed by atoms with Crippen molar-refractivity contribution in [2.24, 2.45) is 0 Å². The van der Waals surface area contributed by atoms with Crippen LogP contribution in [0.1, 0.15) is 44.2 Å². The van der Waals surface area contributed by atoms with E-state index in [0.29, 0.717) is 5.41 Å². The third-order valence-electron chi connectivity index (χ3n) is 3.57. The first-order chi connectivity index (χ1) is 8.32. The highest BCUT2D eigenvalue weighted by Crippen LogP contribution is 2.41. The van der Waals surface area contributed by atoms with Gasteiger partial charge in [0, 0.05) is 5.41 Å². The first-order valence-electron chi connectivity index (χ1n) is 6.82. The van der Waals surface area contributed by atoms with Crippen LogP contribution < -0.4 is 5.32 Å². The molecule has 1 nitrogen and oxygen atoms in total. The molecule has 0 amide bonds. The Bertz CT molecular complexity index is 386. The maximum Gasteiger partial charge on any atom is 0.0165 e. The first kappa shape index (κ1) is 12.4. The third-order valence-corrected chi connectivity index (χ3v) is 3.57. The molecule has 1 heterocycles. The number of benzene rings is 1. The van der Waals surface area contributed by atoms with Crippen molar-refractivity contribution in [3.63, 3.8) is 0 Å². The van der Waals surface area contributed by atoms with E-state index in [1.165, 1.54) is 24.8 Å². The number of rotatable bonds is 0. The van der Waals surface area contributed by atoms with Crippen molar-refractivity contribution in [1.29, 1.82) is 0 Å². The average molecular weight is 229 g/mol. The van der Waals surface area contributed by atoms with Crippen molar-refractivity contribution in [1.82, 2.24) is 5.32 Å². The van der Waals surface area contributed by atoms with Crippen LogP contribution in [0.2, 0.25) is 0 Å². The molecule has 0 saturated carbocycles. The van der Waals surface area contributed by atoms with E-state index in [4.69, 9.17) is 0 Å². The van der Waals surface area contributed by atoms with Gasteiger partial charge in [0.2, 0.25) is 0 Å². The van der Waals surface area contributed by atoms with Gasteiger partial charge >= 0.3 is 0 Å². The molecule has 0 radical (unpaired) electrons. The Hall–Kier alpha value is -1.08. The average Bonchev–Trinajstić information content (AvgIpc) is 2.71. The fraction of sp³-hybridized carbons (Fsp3) is 0.500. The normalized spacial score (nSPS) is 19.6. The second-order valence-electron chi connectivity index (χ2n) is 5.03.